The van der Waals surface area contributed by atoms with E-state index in [1.165, 1.54) is 16.8 Å². The van der Waals surface area contributed by atoms with Gasteiger partial charge >= 0.3 is 0 Å². The Morgan fingerprint density at radius 1 is 1.27 bits per heavy atom. The molecule has 0 fully saturated rings. The van der Waals surface area contributed by atoms with Crippen LogP contribution >= 0.6 is 15.9 Å². The minimum absolute atomic E-state index is 0.239. The fourth-order valence-electron chi connectivity index (χ4n) is 1.23. The maximum absolute atomic E-state index is 13.3. The Bertz CT molecular complexity index is 482. The average molecular weight is 273 g/mol. The van der Waals surface area contributed by atoms with Gasteiger partial charge in [0.15, 0.2) is 5.82 Å². The first kappa shape index (κ1) is 10.3. The molecule has 0 amide bonds. The van der Waals surface area contributed by atoms with Crippen molar-refractivity contribution in [1.82, 2.24) is 9.78 Å². The third-order valence-corrected chi connectivity index (χ3v) is 2.51. The summed E-state index contributed by atoms with van der Waals surface area (Å²) < 4.78 is 27.4. The number of nitrogens with zero attached hydrogens (tertiary/aromatic N) is 2. The third kappa shape index (κ3) is 2.07. The molecule has 0 aliphatic carbocycles. The van der Waals surface area contributed by atoms with E-state index in [9.17, 15) is 8.78 Å². The summed E-state index contributed by atoms with van der Waals surface area (Å²) in [6.45, 7) is 0. The van der Waals surface area contributed by atoms with Gasteiger partial charge in [0.05, 0.1) is 5.69 Å². The summed E-state index contributed by atoms with van der Waals surface area (Å²) in [5.41, 5.74) is 1.03. The maximum Gasteiger partial charge on any atom is 0.151 e. The Morgan fingerprint density at radius 3 is 2.67 bits per heavy atom. The fraction of sp³-hybridized carbons (Fsp3) is 0.100. The molecule has 5 heteroatoms. The van der Waals surface area contributed by atoms with Gasteiger partial charge in [-0.1, -0.05) is 15.9 Å². The van der Waals surface area contributed by atoms with Crippen molar-refractivity contribution in [3.8, 4) is 5.69 Å². The van der Waals surface area contributed by atoms with Gasteiger partial charge in [0, 0.05) is 17.6 Å². The smallest absolute Gasteiger partial charge is 0.151 e. The summed E-state index contributed by atoms with van der Waals surface area (Å²) in [5.74, 6) is -1.22. The largest absolute Gasteiger partial charge is 0.238 e. The van der Waals surface area contributed by atoms with Crippen LogP contribution in [0.5, 0.6) is 0 Å². The Balaban J connectivity index is 2.44. The van der Waals surface area contributed by atoms with Crippen LogP contribution < -0.4 is 0 Å². The van der Waals surface area contributed by atoms with Gasteiger partial charge in [0.25, 0.3) is 0 Å². The highest BCUT2D eigenvalue weighted by Crippen LogP contribution is 2.14. The molecule has 1 aromatic heterocycles. The van der Waals surface area contributed by atoms with Crippen LogP contribution in [-0.2, 0) is 5.33 Å². The Labute approximate surface area is 93.7 Å². The van der Waals surface area contributed by atoms with E-state index in [-0.39, 0.29) is 5.69 Å². The summed E-state index contributed by atoms with van der Waals surface area (Å²) in [5, 5.41) is 4.70. The summed E-state index contributed by atoms with van der Waals surface area (Å²) in [6, 6.07) is 5.16. The van der Waals surface area contributed by atoms with Gasteiger partial charge in [-0.25, -0.2) is 13.5 Å². The van der Waals surface area contributed by atoms with Gasteiger partial charge in [0.2, 0.25) is 0 Å². The highest BCUT2D eigenvalue weighted by Gasteiger charge is 2.06. The van der Waals surface area contributed by atoms with Crippen molar-refractivity contribution in [3.63, 3.8) is 0 Å². The minimum atomic E-state index is -0.626. The normalized spacial score (nSPS) is 10.6. The van der Waals surface area contributed by atoms with E-state index >= 15 is 0 Å². The molecule has 0 aliphatic rings. The fourth-order valence-corrected chi connectivity index (χ4v) is 1.53. The first-order chi connectivity index (χ1) is 7.20. The molecule has 0 N–H and O–H groups in total. The topological polar surface area (TPSA) is 17.8 Å². The highest BCUT2D eigenvalue weighted by molar-refractivity contribution is 9.08. The number of hydrogen-bond donors (Lipinski definition) is 0. The van der Waals surface area contributed by atoms with E-state index in [0.717, 1.165) is 11.8 Å². The van der Waals surface area contributed by atoms with Crippen LogP contribution in [0.2, 0.25) is 0 Å². The molecule has 0 radical (unpaired) electrons. The molecule has 2 rings (SSSR count). The van der Waals surface area contributed by atoms with Crippen LogP contribution in [0.25, 0.3) is 5.69 Å². The zero-order valence-electron chi connectivity index (χ0n) is 7.62. The second-order valence-corrected chi connectivity index (χ2v) is 3.54. The predicted molar refractivity (Wildman–Crippen MR) is 56.1 cm³/mol. The number of alkyl halides is 1. The number of hydrogen-bond acceptors (Lipinski definition) is 1. The molecule has 15 heavy (non-hydrogen) atoms. The van der Waals surface area contributed by atoms with E-state index in [1.807, 2.05) is 0 Å². The van der Waals surface area contributed by atoms with Crippen molar-refractivity contribution >= 4 is 15.9 Å². The standard InChI is InChI=1S/C10H7BrF2N2/c11-6-8-3-4-15(14-8)10-2-1-7(12)5-9(10)13/h1-5H,6H2. The zero-order chi connectivity index (χ0) is 10.8. The monoisotopic (exact) mass is 272 g/mol. The molecule has 1 heterocycles. The van der Waals surface area contributed by atoms with Gasteiger partial charge in [0.1, 0.15) is 11.5 Å². The maximum atomic E-state index is 13.3. The van der Waals surface area contributed by atoms with E-state index in [2.05, 4.69) is 21.0 Å². The van der Waals surface area contributed by atoms with E-state index in [4.69, 9.17) is 0 Å². The number of rotatable bonds is 2. The lowest BCUT2D eigenvalue weighted by atomic mass is 10.3. The zero-order valence-corrected chi connectivity index (χ0v) is 9.21. The van der Waals surface area contributed by atoms with Crippen LogP contribution in [0, 0.1) is 11.6 Å². The molecule has 2 nitrogen and oxygen atoms in total. The molecule has 0 atom stereocenters. The van der Waals surface area contributed by atoms with Gasteiger partial charge in [-0.2, -0.15) is 5.10 Å². The van der Waals surface area contributed by atoms with Crippen molar-refractivity contribution < 1.29 is 8.78 Å². The van der Waals surface area contributed by atoms with Gasteiger partial charge in [-0.05, 0) is 18.2 Å². The van der Waals surface area contributed by atoms with Crippen molar-refractivity contribution in [2.45, 2.75) is 5.33 Å². The van der Waals surface area contributed by atoms with Gasteiger partial charge < -0.3 is 0 Å². The van der Waals surface area contributed by atoms with Crippen molar-refractivity contribution in [2.75, 3.05) is 0 Å². The first-order valence-electron chi connectivity index (χ1n) is 4.26. The molecule has 0 saturated heterocycles. The van der Waals surface area contributed by atoms with E-state index < -0.39 is 11.6 Å². The molecule has 0 aliphatic heterocycles. The van der Waals surface area contributed by atoms with Crippen LogP contribution in [-0.4, -0.2) is 9.78 Å². The summed E-state index contributed by atoms with van der Waals surface area (Å²) >= 11 is 3.24. The molecule has 0 unspecified atom stereocenters. The van der Waals surface area contributed by atoms with Crippen molar-refractivity contribution in [2.24, 2.45) is 0 Å². The van der Waals surface area contributed by atoms with E-state index in [0.29, 0.717) is 5.33 Å². The quantitative estimate of drug-likeness (QED) is 0.769. The van der Waals surface area contributed by atoms with Crippen LogP contribution in [0.15, 0.2) is 30.5 Å². The summed E-state index contributed by atoms with van der Waals surface area (Å²) in [4.78, 5) is 0. The minimum Gasteiger partial charge on any atom is -0.238 e. The first-order valence-corrected chi connectivity index (χ1v) is 5.39. The Kier molecular flexibility index (Phi) is 2.81. The molecular weight excluding hydrogens is 266 g/mol. The third-order valence-electron chi connectivity index (χ3n) is 1.94. The van der Waals surface area contributed by atoms with Crippen LogP contribution in [0.3, 0.4) is 0 Å². The van der Waals surface area contributed by atoms with Crippen LogP contribution in [0.4, 0.5) is 8.78 Å². The lowest BCUT2D eigenvalue weighted by Crippen LogP contribution is -1.99. The molecule has 0 saturated carbocycles. The molecule has 0 bridgehead atoms. The lowest BCUT2D eigenvalue weighted by Gasteiger charge is -2.02. The second-order valence-electron chi connectivity index (χ2n) is 2.98. The summed E-state index contributed by atoms with van der Waals surface area (Å²) in [7, 11) is 0. The van der Waals surface area contributed by atoms with E-state index in [1.54, 1.807) is 12.3 Å². The average Bonchev–Trinajstić information content (AvgIpc) is 2.66. The van der Waals surface area contributed by atoms with Crippen LogP contribution in [0.1, 0.15) is 5.69 Å². The van der Waals surface area contributed by atoms with Gasteiger partial charge in [-0.3, -0.25) is 0 Å². The molecular formula is C10H7BrF2N2. The molecule has 2 aromatic rings. The predicted octanol–water partition coefficient (Wildman–Crippen LogP) is 3.05. The summed E-state index contributed by atoms with van der Waals surface area (Å²) in [6.07, 6.45) is 1.63. The molecule has 0 spiro atoms. The lowest BCUT2D eigenvalue weighted by molar-refractivity contribution is 0.573. The number of benzene rings is 1. The molecule has 1 aromatic carbocycles. The van der Waals surface area contributed by atoms with Gasteiger partial charge in [-0.15, -0.1) is 0 Å². The van der Waals surface area contributed by atoms with Crippen molar-refractivity contribution in [3.05, 3.63) is 47.8 Å². The SMILES string of the molecule is Fc1ccc(-n2ccc(CBr)n2)c(F)c1. The number of aromatic nitrogens is 2. The highest BCUT2D eigenvalue weighted by atomic mass is 79.9. The molecule has 78 valence electrons. The second kappa shape index (κ2) is 4.10. The Hall–Kier alpha value is -1.23. The Morgan fingerprint density at radius 2 is 2.07 bits per heavy atom. The van der Waals surface area contributed by atoms with Crippen molar-refractivity contribution in [1.29, 1.82) is 0 Å². The number of halogens is 3.